The van der Waals surface area contributed by atoms with Crippen LogP contribution in [0.1, 0.15) is 5.56 Å². The topological polar surface area (TPSA) is 91.7 Å². The summed E-state index contributed by atoms with van der Waals surface area (Å²) in [7, 11) is 2.98. The zero-order chi connectivity index (χ0) is 24.0. The van der Waals surface area contributed by atoms with Crippen molar-refractivity contribution in [1.29, 1.82) is 0 Å². The molecule has 1 amide bonds. The van der Waals surface area contributed by atoms with Gasteiger partial charge in [-0.05, 0) is 30.3 Å². The number of rotatable bonds is 8. The number of aromatic nitrogens is 2. The maximum atomic E-state index is 12.6. The molecule has 1 heterocycles. The molecule has 0 unspecified atom stereocenters. The molecule has 0 radical (unpaired) electrons. The van der Waals surface area contributed by atoms with Crippen LogP contribution in [0.4, 0.5) is 13.2 Å². The van der Waals surface area contributed by atoms with Crippen molar-refractivity contribution in [2.45, 2.75) is 19.5 Å². The van der Waals surface area contributed by atoms with E-state index < -0.39 is 30.1 Å². The van der Waals surface area contributed by atoms with Crippen LogP contribution in [0.15, 0.2) is 59.4 Å². The monoisotopic (exact) mass is 463 g/mol. The van der Waals surface area contributed by atoms with Crippen LogP contribution in [-0.2, 0) is 17.9 Å². The molecule has 8 nitrogen and oxygen atoms in total. The van der Waals surface area contributed by atoms with E-state index >= 15 is 0 Å². The Bertz CT molecular complexity index is 1190. The van der Waals surface area contributed by atoms with Crippen LogP contribution in [0.25, 0.3) is 11.3 Å². The lowest BCUT2D eigenvalue weighted by Crippen LogP contribution is -2.33. The first kappa shape index (κ1) is 23.6. The van der Waals surface area contributed by atoms with Gasteiger partial charge in [-0.3, -0.25) is 9.59 Å². The Balaban J connectivity index is 1.76. The number of amides is 1. The number of alkyl halides is 3. The molecule has 1 N–H and O–H groups in total. The first-order valence-corrected chi connectivity index (χ1v) is 9.61. The van der Waals surface area contributed by atoms with Gasteiger partial charge >= 0.3 is 6.36 Å². The van der Waals surface area contributed by atoms with Gasteiger partial charge in [-0.15, -0.1) is 13.2 Å². The number of halogens is 3. The average Bonchev–Trinajstić information content (AvgIpc) is 2.78. The molecule has 3 rings (SSSR count). The fourth-order valence-electron chi connectivity index (χ4n) is 2.98. The van der Waals surface area contributed by atoms with Gasteiger partial charge in [0.15, 0.2) is 0 Å². The fourth-order valence-corrected chi connectivity index (χ4v) is 2.98. The zero-order valence-electron chi connectivity index (χ0n) is 17.7. The Morgan fingerprint density at radius 2 is 1.79 bits per heavy atom. The standard InChI is InChI=1S/C22H20F3N3O5/c1-31-15-7-9-19(32-2)16(11-15)17-8-10-21(30)28(27-17)13-20(29)26-12-14-5-3-4-6-18(14)33-22(23,24)25/h3-11H,12-13H2,1-2H3,(H,26,29). The lowest BCUT2D eigenvalue weighted by Gasteiger charge is -2.14. The second kappa shape index (κ2) is 10.1. The average molecular weight is 463 g/mol. The predicted octanol–water partition coefficient (Wildman–Crippen LogP) is 3.14. The van der Waals surface area contributed by atoms with Gasteiger partial charge in [0.05, 0.1) is 19.9 Å². The number of para-hydroxylation sites is 1. The van der Waals surface area contributed by atoms with Crippen molar-refractivity contribution >= 4 is 5.91 Å². The summed E-state index contributed by atoms with van der Waals surface area (Å²) in [5, 5.41) is 6.69. The molecule has 11 heteroatoms. The molecular weight excluding hydrogens is 443 g/mol. The summed E-state index contributed by atoms with van der Waals surface area (Å²) in [6.07, 6.45) is -4.86. The highest BCUT2D eigenvalue weighted by Crippen LogP contribution is 2.31. The number of carbonyl (C=O) groups excluding carboxylic acids is 1. The number of nitrogens with zero attached hydrogens (tertiary/aromatic N) is 2. The maximum absolute atomic E-state index is 12.6. The van der Waals surface area contributed by atoms with E-state index in [9.17, 15) is 22.8 Å². The summed E-state index contributed by atoms with van der Waals surface area (Å²) in [5.74, 6) is -0.0177. The van der Waals surface area contributed by atoms with E-state index in [1.807, 2.05) is 0 Å². The Kier molecular flexibility index (Phi) is 7.21. The molecule has 0 saturated carbocycles. The fraction of sp³-hybridized carbons (Fsp3) is 0.227. The van der Waals surface area contributed by atoms with Crippen molar-refractivity contribution in [3.05, 3.63) is 70.5 Å². The van der Waals surface area contributed by atoms with Crippen molar-refractivity contribution < 1.29 is 32.2 Å². The number of hydrogen-bond donors (Lipinski definition) is 1. The smallest absolute Gasteiger partial charge is 0.497 e. The second-order valence-corrected chi connectivity index (χ2v) is 6.71. The second-order valence-electron chi connectivity index (χ2n) is 6.71. The van der Waals surface area contributed by atoms with Crippen molar-refractivity contribution in [2.75, 3.05) is 14.2 Å². The Morgan fingerprint density at radius 1 is 1.03 bits per heavy atom. The molecule has 0 bridgehead atoms. The first-order chi connectivity index (χ1) is 15.7. The third kappa shape index (κ3) is 6.25. The summed E-state index contributed by atoms with van der Waals surface area (Å²) in [6, 6.07) is 13.2. The quantitative estimate of drug-likeness (QED) is 0.552. The maximum Gasteiger partial charge on any atom is 0.573 e. The zero-order valence-corrected chi connectivity index (χ0v) is 17.7. The number of nitrogens with one attached hydrogen (secondary N) is 1. The molecule has 1 aromatic heterocycles. The molecule has 3 aromatic rings. The van der Waals surface area contributed by atoms with E-state index in [0.29, 0.717) is 22.8 Å². The highest BCUT2D eigenvalue weighted by molar-refractivity contribution is 5.76. The van der Waals surface area contributed by atoms with Gasteiger partial charge in [-0.25, -0.2) is 4.68 Å². The van der Waals surface area contributed by atoms with Gasteiger partial charge in [-0.1, -0.05) is 18.2 Å². The summed E-state index contributed by atoms with van der Waals surface area (Å²) in [6.45, 7) is -0.676. The molecule has 0 saturated heterocycles. The SMILES string of the molecule is COc1ccc(OC)c(-c2ccc(=O)n(CC(=O)NCc3ccccc3OC(F)(F)F)n2)c1. The largest absolute Gasteiger partial charge is 0.573 e. The van der Waals surface area contributed by atoms with Crippen LogP contribution in [0.5, 0.6) is 17.2 Å². The van der Waals surface area contributed by atoms with Crippen LogP contribution in [0.2, 0.25) is 0 Å². The normalized spacial score (nSPS) is 11.1. The van der Waals surface area contributed by atoms with E-state index in [1.165, 1.54) is 44.6 Å². The van der Waals surface area contributed by atoms with Crippen LogP contribution < -0.4 is 25.1 Å². The van der Waals surface area contributed by atoms with Gasteiger partial charge in [0.25, 0.3) is 5.56 Å². The van der Waals surface area contributed by atoms with Crippen molar-refractivity contribution in [2.24, 2.45) is 0 Å². The highest BCUT2D eigenvalue weighted by Gasteiger charge is 2.32. The Hall–Kier alpha value is -4.02. The van der Waals surface area contributed by atoms with Crippen molar-refractivity contribution in [3.8, 4) is 28.5 Å². The number of carbonyl (C=O) groups is 1. The van der Waals surface area contributed by atoms with Crippen molar-refractivity contribution in [1.82, 2.24) is 15.1 Å². The molecule has 0 aliphatic heterocycles. The van der Waals surface area contributed by atoms with Gasteiger partial charge in [0.1, 0.15) is 23.8 Å². The minimum atomic E-state index is -4.86. The highest BCUT2D eigenvalue weighted by atomic mass is 19.4. The van der Waals surface area contributed by atoms with Gasteiger partial charge < -0.3 is 19.5 Å². The molecule has 0 spiro atoms. The minimum absolute atomic E-state index is 0.123. The molecular formula is C22H20F3N3O5. The van der Waals surface area contributed by atoms with Crippen LogP contribution in [0, 0.1) is 0 Å². The molecule has 0 aliphatic rings. The summed E-state index contributed by atoms with van der Waals surface area (Å²) in [5.41, 5.74) is 0.501. The predicted molar refractivity (Wildman–Crippen MR) is 112 cm³/mol. The summed E-state index contributed by atoms with van der Waals surface area (Å²) in [4.78, 5) is 24.6. The molecule has 174 valence electrons. The molecule has 2 aromatic carbocycles. The van der Waals surface area contributed by atoms with E-state index in [2.05, 4.69) is 15.2 Å². The van der Waals surface area contributed by atoms with Gasteiger partial charge in [0, 0.05) is 23.7 Å². The van der Waals surface area contributed by atoms with E-state index in [4.69, 9.17) is 9.47 Å². The van der Waals surface area contributed by atoms with E-state index in [1.54, 1.807) is 18.2 Å². The minimum Gasteiger partial charge on any atom is -0.497 e. The Labute approximate surface area is 186 Å². The van der Waals surface area contributed by atoms with E-state index in [-0.39, 0.29) is 12.1 Å². The number of benzene rings is 2. The third-order valence-electron chi connectivity index (χ3n) is 4.52. The van der Waals surface area contributed by atoms with Crippen LogP contribution in [0.3, 0.4) is 0 Å². The number of hydrogen-bond acceptors (Lipinski definition) is 6. The van der Waals surface area contributed by atoms with Gasteiger partial charge in [-0.2, -0.15) is 5.10 Å². The number of methoxy groups -OCH3 is 2. The molecule has 0 aliphatic carbocycles. The number of ether oxygens (including phenoxy) is 3. The van der Waals surface area contributed by atoms with E-state index in [0.717, 1.165) is 10.7 Å². The molecule has 33 heavy (non-hydrogen) atoms. The third-order valence-corrected chi connectivity index (χ3v) is 4.52. The summed E-state index contributed by atoms with van der Waals surface area (Å²) >= 11 is 0. The molecule has 0 fully saturated rings. The lowest BCUT2D eigenvalue weighted by atomic mass is 10.1. The van der Waals surface area contributed by atoms with Crippen LogP contribution >= 0.6 is 0 Å². The van der Waals surface area contributed by atoms with Crippen LogP contribution in [-0.4, -0.2) is 36.3 Å². The van der Waals surface area contributed by atoms with Gasteiger partial charge in [0.2, 0.25) is 5.91 Å². The Morgan fingerprint density at radius 3 is 2.48 bits per heavy atom. The first-order valence-electron chi connectivity index (χ1n) is 9.61. The summed E-state index contributed by atoms with van der Waals surface area (Å²) < 4.78 is 53.1. The van der Waals surface area contributed by atoms with Crippen molar-refractivity contribution in [3.63, 3.8) is 0 Å². The molecule has 0 atom stereocenters. The lowest BCUT2D eigenvalue weighted by molar-refractivity contribution is -0.274.